The van der Waals surface area contributed by atoms with E-state index in [0.29, 0.717) is 129 Å². The minimum Gasteiger partial charge on any atom is -0.490 e. The number of hydrogen-bond donors (Lipinski definition) is 5. The van der Waals surface area contributed by atoms with Gasteiger partial charge in [0.05, 0.1) is 78.5 Å². The quantitative estimate of drug-likeness (QED) is 0.0417. The van der Waals surface area contributed by atoms with Crippen molar-refractivity contribution in [2.45, 2.75) is 282 Å². The fraction of sp³-hybridized carbons (Fsp3) is 0.485. The lowest BCUT2D eigenvalue weighted by atomic mass is 9.63. The molecule has 5 aliphatic rings. The Labute approximate surface area is 821 Å². The summed E-state index contributed by atoms with van der Waals surface area (Å²) in [6, 6.07) is 6.13. The van der Waals surface area contributed by atoms with Crippen molar-refractivity contribution in [3.05, 3.63) is 208 Å². The molecular weight excluding hydrogens is 1860 g/mol. The molecule has 37 heteroatoms. The summed E-state index contributed by atoms with van der Waals surface area (Å²) >= 11 is 25.4. The molecule has 0 radical (unpaired) electrons. The predicted molar refractivity (Wildman–Crippen MR) is 529 cm³/mol. The normalized spacial score (nSPS) is 18.4. The molecule has 138 heavy (non-hydrogen) atoms. The molecule has 2 saturated carbocycles. The van der Waals surface area contributed by atoms with E-state index in [2.05, 4.69) is 25.3 Å². The minimum absolute atomic E-state index is 0.00762. The first-order valence-corrected chi connectivity index (χ1v) is 48.4. The summed E-state index contributed by atoms with van der Waals surface area (Å²) in [5, 5.41) is 2.35. The number of benzene rings is 4. The van der Waals surface area contributed by atoms with Crippen LogP contribution in [0.4, 0.5) is 40.8 Å². The number of ether oxygens (including phenoxy) is 5. The summed E-state index contributed by atoms with van der Waals surface area (Å²) in [7, 11) is 0. The SMILES string of the molecule is Cc1nc(C(C)c2cc(Cl)c(F)c(C(=O)N3C(C)CCCC3C)c2OC(C)C)n2ccnc(N)c12.Cc1nc(C(C)c2cc(Cl)c(F)c(C(=O)N3CC(C)(C)OC(C)(C)C3)c2OC(C)C)n2ccnc(N)c12.Cc1nc(C(C)c2cc(Cl)c(F)c(C(=O)N3CC4(CCC4)C3)c2OC(C)C)n2ccnc(N)c12.Cc1nc(C(C)c2cc(Cl)c(F)c(C(=O)NC3CC3C)c2OC(C)C)n2ccnc(N)c12. The van der Waals surface area contributed by atoms with Gasteiger partial charge >= 0.3 is 0 Å². The van der Waals surface area contributed by atoms with Crippen LogP contribution in [0, 0.1) is 62.3 Å². The largest absolute Gasteiger partial charge is 0.490 e. The molecule has 11 heterocycles. The van der Waals surface area contributed by atoms with Gasteiger partial charge < -0.3 is 66.6 Å². The molecule has 738 valence electrons. The summed E-state index contributed by atoms with van der Waals surface area (Å²) in [4.78, 5) is 95.0. The summed E-state index contributed by atoms with van der Waals surface area (Å²) in [6.45, 7) is 45.4. The Bertz CT molecular complexity index is 6700. The smallest absolute Gasteiger partial charge is 0.261 e. The monoisotopic (exact) mass is 1980 g/mol. The Morgan fingerprint density at radius 2 is 0.696 bits per heavy atom. The van der Waals surface area contributed by atoms with E-state index < -0.39 is 58.1 Å². The maximum absolute atomic E-state index is 15.7. The van der Waals surface area contributed by atoms with Crippen LogP contribution < -0.4 is 47.2 Å². The molecule has 29 nitrogen and oxygen atoms in total. The van der Waals surface area contributed by atoms with E-state index in [9.17, 15) is 19.2 Å². The van der Waals surface area contributed by atoms with Crippen molar-refractivity contribution in [1.29, 1.82) is 0 Å². The first-order valence-electron chi connectivity index (χ1n) is 46.9. The molecule has 8 aromatic heterocycles. The number of nitrogens with two attached hydrogens (primary N) is 4. The van der Waals surface area contributed by atoms with Gasteiger partial charge in [0.25, 0.3) is 23.6 Å². The van der Waals surface area contributed by atoms with Gasteiger partial charge in [0.1, 0.15) is 114 Å². The maximum atomic E-state index is 15.7. The Hall–Kier alpha value is -11.5. The highest BCUT2D eigenvalue weighted by Crippen LogP contribution is 2.52. The second-order valence-electron chi connectivity index (χ2n) is 39.7. The summed E-state index contributed by atoms with van der Waals surface area (Å²) < 4.78 is 100.0. The zero-order valence-electron chi connectivity index (χ0n) is 82.4. The number of nitrogens with zero attached hydrogens (tertiary/aromatic N) is 15. The first-order chi connectivity index (χ1) is 64.8. The van der Waals surface area contributed by atoms with Crippen molar-refractivity contribution in [1.82, 2.24) is 77.5 Å². The van der Waals surface area contributed by atoms with Crippen LogP contribution >= 0.6 is 46.4 Å². The van der Waals surface area contributed by atoms with Crippen LogP contribution in [-0.4, -0.2) is 176 Å². The summed E-state index contributed by atoms with van der Waals surface area (Å²) in [5.41, 5.74) is 30.8. The third kappa shape index (κ3) is 20.2. The molecule has 3 aliphatic heterocycles. The van der Waals surface area contributed by atoms with Crippen LogP contribution in [0.5, 0.6) is 23.0 Å². The number of halogens is 8. The Balaban J connectivity index is 0.000000147. The highest BCUT2D eigenvalue weighted by Gasteiger charge is 2.51. The van der Waals surface area contributed by atoms with Crippen LogP contribution in [0.25, 0.3) is 22.1 Å². The molecule has 12 aromatic rings. The van der Waals surface area contributed by atoms with Gasteiger partial charge in [-0.05, 0) is 193 Å². The van der Waals surface area contributed by atoms with Crippen molar-refractivity contribution in [2.24, 2.45) is 11.3 Å². The third-order valence-corrected chi connectivity index (χ3v) is 27.3. The second-order valence-corrected chi connectivity index (χ2v) is 41.3. The number of nitrogen functional groups attached to an aromatic ring is 4. The standard InChI is InChI=1S/C27H35ClFN5O3.C26H33ClFN5O2.C25H29ClFN5O2.C23H27ClFN5O2/c1-14(2)36-22-17(15(3)24-32-16(4)21-23(30)31-9-10-34(21)24)11-18(28)20(29)19(22)25(35)33-12-26(5,6)37-27(7,8)13-33;1-13(2)35-23-18(16(5)25-31-17(6)22-24(29)30-10-11-32(22)25)12-19(27)21(28)20(23)26(34)33-14(3)8-7-9-15(33)4;1-13(2)34-21-16(14(3)23-30-15(4)20-22(28)29-8-9-32(20)23)10-17(26)19(27)18(21)24(33)31-11-25(12-31)6-5-7-25;1-10(2)32-20-14(9-15(24)18(25)17(20)23(31)29-16-8-11(16)3)12(4)22-28-13(5)19-21(26)27-6-7-30(19)22/h9-11,14-15H,12-13H2,1-8H3,(H2,30,31);10-16H,7-9H2,1-6H3,(H2,29,30);8-10,13-14H,5-7,11-12H2,1-4H3,(H2,28,29);6-7,9-12,16H,8H2,1-5H3,(H2,26,27)(H,29,31). The van der Waals surface area contributed by atoms with Gasteiger partial charge in [-0.2, -0.15) is 0 Å². The Morgan fingerprint density at radius 1 is 0.428 bits per heavy atom. The van der Waals surface area contributed by atoms with Crippen molar-refractivity contribution in [3.63, 3.8) is 0 Å². The number of aromatic nitrogens is 12. The number of carbonyl (C=O) groups excluding carboxylic acids is 4. The Kier molecular flexibility index (Phi) is 29.7. The van der Waals surface area contributed by atoms with Crippen LogP contribution in [0.3, 0.4) is 0 Å². The molecule has 0 bridgehead atoms. The maximum Gasteiger partial charge on any atom is 0.261 e. The second kappa shape index (κ2) is 40.0. The van der Waals surface area contributed by atoms with Gasteiger partial charge in [0.15, 0.2) is 23.3 Å². The van der Waals surface area contributed by atoms with E-state index in [0.717, 1.165) is 55.6 Å². The number of rotatable bonds is 21. The van der Waals surface area contributed by atoms with E-state index in [1.807, 2.05) is 177 Å². The summed E-state index contributed by atoms with van der Waals surface area (Å²) in [6.07, 6.45) is 19.4. The highest BCUT2D eigenvalue weighted by atomic mass is 35.5. The van der Waals surface area contributed by atoms with E-state index in [1.54, 1.807) is 76.4 Å². The molecule has 4 aromatic carbocycles. The van der Waals surface area contributed by atoms with Crippen LogP contribution in [-0.2, 0) is 4.74 Å². The van der Waals surface area contributed by atoms with E-state index in [-0.39, 0.29) is 137 Å². The Morgan fingerprint density at radius 3 is 0.964 bits per heavy atom. The average molecular weight is 1980 g/mol. The van der Waals surface area contributed by atoms with Crippen molar-refractivity contribution in [2.75, 3.05) is 49.1 Å². The number of aryl methyl sites for hydroxylation is 4. The van der Waals surface area contributed by atoms with Crippen LogP contribution in [0.2, 0.25) is 20.1 Å². The lowest BCUT2D eigenvalue weighted by Crippen LogP contribution is -2.61. The van der Waals surface area contributed by atoms with Crippen molar-refractivity contribution < 1.29 is 60.4 Å². The topological polar surface area (TPSA) is 361 Å². The lowest BCUT2D eigenvalue weighted by Gasteiger charge is -2.56. The molecule has 4 amide bonds. The molecule has 5 fully saturated rings. The number of fused-ring (bicyclic) bond motifs is 4. The number of morpholine rings is 1. The molecule has 3 saturated heterocycles. The predicted octanol–water partition coefficient (Wildman–Crippen LogP) is 20.6. The van der Waals surface area contributed by atoms with Crippen molar-refractivity contribution in [3.8, 4) is 23.0 Å². The number of amides is 4. The van der Waals surface area contributed by atoms with Gasteiger partial charge in [-0.1, -0.05) is 87.4 Å². The third-order valence-electron chi connectivity index (χ3n) is 26.2. The minimum atomic E-state index is -0.807. The van der Waals surface area contributed by atoms with Gasteiger partial charge in [-0.25, -0.2) is 57.4 Å². The molecule has 8 atom stereocenters. The fourth-order valence-electron chi connectivity index (χ4n) is 19.7. The number of likely N-dealkylation sites (tertiary alicyclic amines) is 2. The van der Waals surface area contributed by atoms with E-state index >= 15 is 17.6 Å². The number of imidazole rings is 4. The molecule has 17 rings (SSSR count). The number of anilines is 4. The molecule has 9 N–H and O–H groups in total. The van der Waals surface area contributed by atoms with Gasteiger partial charge in [-0.3, -0.25) is 36.8 Å². The first kappa shape index (κ1) is 102. The number of hydrogen-bond acceptors (Lipinski definition) is 21. The van der Waals surface area contributed by atoms with E-state index in [1.165, 1.54) is 18.6 Å². The molecule has 1 spiro atoms. The van der Waals surface area contributed by atoms with Crippen LogP contribution in [0.15, 0.2) is 73.8 Å². The average Bonchev–Trinajstić information content (AvgIpc) is 1.09. The molecule has 2 aliphatic carbocycles. The molecular formula is C101H124Cl4F4N20O9. The number of carbonyl (C=O) groups is 4. The highest BCUT2D eigenvalue weighted by molar-refractivity contribution is 6.32. The van der Waals surface area contributed by atoms with Crippen molar-refractivity contribution >= 4 is 115 Å². The lowest BCUT2D eigenvalue weighted by molar-refractivity contribution is -0.171. The van der Waals surface area contributed by atoms with Gasteiger partial charge in [-0.15, -0.1) is 0 Å². The fourth-order valence-corrected chi connectivity index (χ4v) is 20.6. The molecule has 8 unspecified atom stereocenters. The van der Waals surface area contributed by atoms with Crippen LogP contribution in [0.1, 0.15) is 310 Å². The van der Waals surface area contributed by atoms with E-state index in [4.69, 9.17) is 113 Å². The van der Waals surface area contributed by atoms with Gasteiger partial charge in [0.2, 0.25) is 0 Å². The zero-order valence-corrected chi connectivity index (χ0v) is 85.4. The number of piperidine rings is 1. The van der Waals surface area contributed by atoms with Gasteiger partial charge in [0, 0.05) is 145 Å². The number of nitrogens with one attached hydrogen (secondary N) is 1. The zero-order chi connectivity index (χ0) is 101. The summed E-state index contributed by atoms with van der Waals surface area (Å²) in [5.74, 6) is -1.19.